The molecule has 0 fully saturated rings. The highest BCUT2D eigenvalue weighted by atomic mass is 16.5. The van der Waals surface area contributed by atoms with Crippen LogP contribution in [-0.4, -0.2) is 112 Å². The highest BCUT2D eigenvalue weighted by Crippen LogP contribution is 2.29. The van der Waals surface area contributed by atoms with Gasteiger partial charge in [-0.05, 0) is 43.7 Å². The number of ether oxygens (including phenoxy) is 1. The maximum absolute atomic E-state index is 13.8. The van der Waals surface area contributed by atoms with E-state index in [2.05, 4.69) is 29.2 Å². The molecule has 0 saturated heterocycles. The summed E-state index contributed by atoms with van der Waals surface area (Å²) >= 11 is 0. The van der Waals surface area contributed by atoms with Gasteiger partial charge in [-0.1, -0.05) is 19.9 Å². The Balaban J connectivity index is 1.68. The third kappa shape index (κ3) is 7.53. The summed E-state index contributed by atoms with van der Waals surface area (Å²) in [5, 5.41) is 7.42. The van der Waals surface area contributed by atoms with Crippen molar-refractivity contribution in [2.24, 2.45) is 13.0 Å². The lowest BCUT2D eigenvalue weighted by Crippen LogP contribution is -2.48. The fourth-order valence-electron chi connectivity index (χ4n) is 5.62. The van der Waals surface area contributed by atoms with Gasteiger partial charge in [0.1, 0.15) is 5.69 Å². The molecule has 0 spiro atoms. The summed E-state index contributed by atoms with van der Waals surface area (Å²) in [5.41, 5.74) is 2.43. The summed E-state index contributed by atoms with van der Waals surface area (Å²) < 4.78 is 6.97. The number of aromatic nitrogens is 3. The number of rotatable bonds is 7. The predicted octanol–water partition coefficient (Wildman–Crippen LogP) is 1.30. The van der Waals surface area contributed by atoms with Crippen molar-refractivity contribution in [1.82, 2.24) is 34.8 Å². The van der Waals surface area contributed by atoms with E-state index in [9.17, 15) is 19.2 Å². The molecule has 1 unspecified atom stereocenters. The largest absolute Gasteiger partial charge is 0.383 e. The van der Waals surface area contributed by atoms with Gasteiger partial charge in [-0.15, -0.1) is 0 Å². The average molecular weight is 582 g/mol. The minimum atomic E-state index is -0.351. The molecule has 1 aliphatic carbocycles. The number of hydrogen-bond donors (Lipinski definition) is 1. The molecule has 228 valence electrons. The maximum atomic E-state index is 13.8. The average Bonchev–Trinajstić information content (AvgIpc) is 3.31. The first-order chi connectivity index (χ1) is 20.2. The van der Waals surface area contributed by atoms with E-state index in [1.807, 2.05) is 11.9 Å². The molecular weight excluding hydrogens is 538 g/mol. The Morgan fingerprint density at radius 2 is 1.95 bits per heavy atom. The SMILES string of the molecule is COCCN1CC(=O)NCCN(C(=O)c2ccccn2)CCC(=O)N(CCC(C)C)C2CCc3c(c(nn3C)C1=O)C2. The van der Waals surface area contributed by atoms with Crippen molar-refractivity contribution in [2.75, 3.05) is 53.0 Å². The van der Waals surface area contributed by atoms with Gasteiger partial charge >= 0.3 is 0 Å². The van der Waals surface area contributed by atoms with Gasteiger partial charge in [0.2, 0.25) is 11.8 Å². The van der Waals surface area contributed by atoms with Crippen LogP contribution in [-0.2, 0) is 34.2 Å². The summed E-state index contributed by atoms with van der Waals surface area (Å²) in [4.78, 5) is 63.1. The van der Waals surface area contributed by atoms with Crippen molar-refractivity contribution in [2.45, 2.75) is 52.0 Å². The number of nitrogens with zero attached hydrogens (tertiary/aromatic N) is 6. The Kier molecular flexibility index (Phi) is 10.7. The van der Waals surface area contributed by atoms with Crippen molar-refractivity contribution in [3.8, 4) is 0 Å². The third-order valence-electron chi connectivity index (χ3n) is 8.00. The van der Waals surface area contributed by atoms with E-state index in [1.165, 1.54) is 4.90 Å². The van der Waals surface area contributed by atoms with Crippen molar-refractivity contribution in [3.05, 3.63) is 47.0 Å². The maximum Gasteiger partial charge on any atom is 0.275 e. The van der Waals surface area contributed by atoms with Crippen molar-refractivity contribution in [1.29, 1.82) is 0 Å². The Morgan fingerprint density at radius 3 is 2.67 bits per heavy atom. The van der Waals surface area contributed by atoms with E-state index in [1.54, 1.807) is 41.1 Å². The number of aryl methyl sites for hydroxylation is 1. The van der Waals surface area contributed by atoms with Crippen LogP contribution < -0.4 is 5.32 Å². The van der Waals surface area contributed by atoms with Crippen molar-refractivity contribution in [3.63, 3.8) is 0 Å². The normalized spacial score (nSPS) is 18.9. The van der Waals surface area contributed by atoms with Crippen LogP contribution in [0.25, 0.3) is 0 Å². The zero-order valence-corrected chi connectivity index (χ0v) is 25.2. The number of methoxy groups -OCH3 is 1. The lowest BCUT2D eigenvalue weighted by atomic mass is 9.89. The molecule has 0 aromatic carbocycles. The van der Waals surface area contributed by atoms with Gasteiger partial charge in [0, 0.05) is 76.8 Å². The molecule has 2 bridgehead atoms. The zero-order valence-electron chi connectivity index (χ0n) is 25.2. The molecule has 1 atom stereocenters. The number of carbonyl (C=O) groups excluding carboxylic acids is 4. The van der Waals surface area contributed by atoms with Gasteiger partial charge in [-0.3, -0.25) is 28.8 Å². The van der Waals surface area contributed by atoms with Crippen LogP contribution in [0.3, 0.4) is 0 Å². The molecule has 0 saturated carbocycles. The fraction of sp³-hybridized carbons (Fsp3) is 0.600. The lowest BCUT2D eigenvalue weighted by Gasteiger charge is -2.36. The minimum Gasteiger partial charge on any atom is -0.383 e. The Hall–Kier alpha value is -3.80. The van der Waals surface area contributed by atoms with E-state index in [0.717, 1.165) is 24.1 Å². The van der Waals surface area contributed by atoms with Gasteiger partial charge in [-0.25, -0.2) is 0 Å². The standard InChI is InChI=1S/C30H43N7O5/c1-21(2)10-15-37-22-8-9-25-23(19-22)28(33-34(25)3)30(41)36(17-18-42-4)20-26(38)32-13-16-35(14-11-27(37)39)29(40)24-7-5-6-12-31-24/h5-7,12,21-22H,8-11,13-20H2,1-4H3,(H,32,38). The fourth-order valence-corrected chi connectivity index (χ4v) is 5.62. The molecule has 1 aliphatic heterocycles. The molecule has 3 heterocycles. The van der Waals surface area contributed by atoms with E-state index in [0.29, 0.717) is 31.0 Å². The summed E-state index contributed by atoms with van der Waals surface area (Å²) in [5.74, 6) is -0.605. The van der Waals surface area contributed by atoms with Gasteiger partial charge < -0.3 is 24.8 Å². The molecule has 4 rings (SSSR count). The van der Waals surface area contributed by atoms with Crippen LogP contribution in [0.15, 0.2) is 24.4 Å². The third-order valence-corrected chi connectivity index (χ3v) is 8.00. The monoisotopic (exact) mass is 581 g/mol. The second-order valence-corrected chi connectivity index (χ2v) is 11.4. The minimum absolute atomic E-state index is 0.0301. The van der Waals surface area contributed by atoms with Gasteiger partial charge in [0.15, 0.2) is 5.69 Å². The topological polar surface area (TPSA) is 130 Å². The molecule has 2 aliphatic rings. The van der Waals surface area contributed by atoms with E-state index < -0.39 is 0 Å². The number of carbonyl (C=O) groups is 4. The quantitative estimate of drug-likeness (QED) is 0.522. The molecule has 4 amide bonds. The van der Waals surface area contributed by atoms with Crippen LogP contribution in [0.2, 0.25) is 0 Å². The first-order valence-corrected chi connectivity index (χ1v) is 14.8. The number of fused-ring (bicyclic) bond motifs is 1. The van der Waals surface area contributed by atoms with E-state index in [4.69, 9.17) is 4.74 Å². The Labute approximate surface area is 247 Å². The summed E-state index contributed by atoms with van der Waals surface area (Å²) in [6.07, 6.45) is 4.51. The second-order valence-electron chi connectivity index (χ2n) is 11.4. The van der Waals surface area contributed by atoms with Gasteiger partial charge in [-0.2, -0.15) is 5.10 Å². The lowest BCUT2D eigenvalue weighted by molar-refractivity contribution is -0.134. The number of nitrogens with one attached hydrogen (secondary N) is 1. The van der Waals surface area contributed by atoms with Gasteiger partial charge in [0.25, 0.3) is 11.8 Å². The molecule has 2 aromatic rings. The van der Waals surface area contributed by atoms with E-state index >= 15 is 0 Å². The molecule has 2 aromatic heterocycles. The molecule has 12 nitrogen and oxygen atoms in total. The van der Waals surface area contributed by atoms with Crippen LogP contribution in [0.1, 0.15) is 65.3 Å². The number of hydrogen-bond acceptors (Lipinski definition) is 7. The Morgan fingerprint density at radius 1 is 1.14 bits per heavy atom. The second kappa shape index (κ2) is 14.4. The highest BCUT2D eigenvalue weighted by Gasteiger charge is 2.35. The zero-order chi connectivity index (χ0) is 30.2. The summed E-state index contributed by atoms with van der Waals surface area (Å²) in [6, 6.07) is 5.03. The highest BCUT2D eigenvalue weighted by molar-refractivity contribution is 5.96. The molecule has 0 radical (unpaired) electrons. The molecular formula is C30H43N7O5. The van der Waals surface area contributed by atoms with Crippen LogP contribution >= 0.6 is 0 Å². The Bertz CT molecular complexity index is 1260. The van der Waals surface area contributed by atoms with Crippen LogP contribution in [0, 0.1) is 5.92 Å². The van der Waals surface area contributed by atoms with Gasteiger partial charge in [0.05, 0.1) is 13.2 Å². The first kappa shape index (κ1) is 31.1. The first-order valence-electron chi connectivity index (χ1n) is 14.8. The number of pyridine rings is 1. The predicted molar refractivity (Wildman–Crippen MR) is 156 cm³/mol. The molecule has 42 heavy (non-hydrogen) atoms. The summed E-state index contributed by atoms with van der Waals surface area (Å²) in [6.45, 7) is 5.76. The van der Waals surface area contributed by atoms with Crippen LogP contribution in [0.5, 0.6) is 0 Å². The van der Waals surface area contributed by atoms with Crippen molar-refractivity contribution < 1.29 is 23.9 Å². The molecule has 1 N–H and O–H groups in total. The summed E-state index contributed by atoms with van der Waals surface area (Å²) in [7, 11) is 3.38. The van der Waals surface area contributed by atoms with Crippen LogP contribution in [0.4, 0.5) is 0 Å². The van der Waals surface area contributed by atoms with Crippen molar-refractivity contribution >= 4 is 23.6 Å². The number of amides is 4. The van der Waals surface area contributed by atoms with E-state index in [-0.39, 0.29) is 81.1 Å². The smallest absolute Gasteiger partial charge is 0.275 e. The molecule has 12 heteroatoms.